The first-order valence-corrected chi connectivity index (χ1v) is 10.3. The van der Waals surface area contributed by atoms with Crippen LogP contribution in [0.25, 0.3) is 0 Å². The fourth-order valence-electron chi connectivity index (χ4n) is 3.04. The van der Waals surface area contributed by atoms with Crippen molar-refractivity contribution >= 4 is 27.6 Å². The van der Waals surface area contributed by atoms with Crippen molar-refractivity contribution in [1.82, 2.24) is 4.72 Å². The first kappa shape index (κ1) is 20.0. The second kappa shape index (κ2) is 7.73. The molecule has 0 bridgehead atoms. The van der Waals surface area contributed by atoms with Crippen LogP contribution in [-0.2, 0) is 29.8 Å². The van der Waals surface area contributed by atoms with Crippen molar-refractivity contribution in [2.45, 2.75) is 30.1 Å². The second-order valence-electron chi connectivity index (χ2n) is 6.76. The van der Waals surface area contributed by atoms with Crippen LogP contribution in [0.4, 0.5) is 5.69 Å². The van der Waals surface area contributed by atoms with Crippen LogP contribution in [-0.4, -0.2) is 33.9 Å². The first-order chi connectivity index (χ1) is 13.3. The standard InChI is InChI=1S/C20H22N2O5S/c1-14-8-9-16(12-17(14)28(25,26)21-2)22-18(23)13-27-19(24)20(10-11-20)15-6-4-3-5-7-15/h3-9,12,21H,10-11,13H2,1-2H3,(H,22,23). The molecule has 0 heterocycles. The van der Waals surface area contributed by atoms with Gasteiger partial charge in [0.15, 0.2) is 6.61 Å². The molecule has 0 saturated heterocycles. The van der Waals surface area contributed by atoms with E-state index in [-0.39, 0.29) is 4.90 Å². The summed E-state index contributed by atoms with van der Waals surface area (Å²) in [5.41, 5.74) is 1.10. The van der Waals surface area contributed by atoms with Crippen LogP contribution in [0.1, 0.15) is 24.0 Å². The second-order valence-corrected chi connectivity index (χ2v) is 8.62. The summed E-state index contributed by atoms with van der Waals surface area (Å²) in [5, 5.41) is 2.56. The van der Waals surface area contributed by atoms with Gasteiger partial charge in [-0.3, -0.25) is 9.59 Å². The van der Waals surface area contributed by atoms with Crippen molar-refractivity contribution in [3.8, 4) is 0 Å². The molecule has 2 aromatic rings. The number of sulfonamides is 1. The van der Waals surface area contributed by atoms with Gasteiger partial charge in [0, 0.05) is 5.69 Å². The van der Waals surface area contributed by atoms with E-state index in [9.17, 15) is 18.0 Å². The van der Waals surface area contributed by atoms with Crippen molar-refractivity contribution in [3.05, 3.63) is 59.7 Å². The summed E-state index contributed by atoms with van der Waals surface area (Å²) >= 11 is 0. The summed E-state index contributed by atoms with van der Waals surface area (Å²) in [6.07, 6.45) is 1.39. The average Bonchev–Trinajstić information content (AvgIpc) is 3.50. The molecule has 7 nitrogen and oxygen atoms in total. The molecule has 1 aliphatic carbocycles. The highest BCUT2D eigenvalue weighted by molar-refractivity contribution is 7.89. The lowest BCUT2D eigenvalue weighted by Crippen LogP contribution is -2.28. The number of benzene rings is 2. The van der Waals surface area contributed by atoms with Gasteiger partial charge in [0.1, 0.15) is 0 Å². The van der Waals surface area contributed by atoms with Gasteiger partial charge < -0.3 is 10.1 Å². The molecule has 0 aliphatic heterocycles. The number of carbonyl (C=O) groups excluding carboxylic acids is 2. The van der Waals surface area contributed by atoms with Gasteiger partial charge in [-0.25, -0.2) is 13.1 Å². The molecule has 2 N–H and O–H groups in total. The summed E-state index contributed by atoms with van der Waals surface area (Å²) in [7, 11) is -2.32. The Morgan fingerprint density at radius 3 is 2.39 bits per heavy atom. The molecule has 3 rings (SSSR count). The lowest BCUT2D eigenvalue weighted by Gasteiger charge is -2.15. The van der Waals surface area contributed by atoms with Crippen LogP contribution in [0.2, 0.25) is 0 Å². The van der Waals surface area contributed by atoms with Gasteiger partial charge in [-0.2, -0.15) is 0 Å². The summed E-state index contributed by atoms with van der Waals surface area (Å²) < 4.78 is 31.5. The van der Waals surface area contributed by atoms with Crippen molar-refractivity contribution in [2.24, 2.45) is 0 Å². The van der Waals surface area contributed by atoms with Crippen molar-refractivity contribution in [2.75, 3.05) is 19.0 Å². The van der Waals surface area contributed by atoms with Gasteiger partial charge in [-0.1, -0.05) is 36.4 Å². The summed E-state index contributed by atoms with van der Waals surface area (Å²) in [6.45, 7) is 1.23. The quantitative estimate of drug-likeness (QED) is 0.691. The largest absolute Gasteiger partial charge is 0.455 e. The van der Waals surface area contributed by atoms with Crippen molar-refractivity contribution in [3.63, 3.8) is 0 Å². The van der Waals surface area contributed by atoms with Crippen LogP contribution < -0.4 is 10.0 Å². The topological polar surface area (TPSA) is 102 Å². The number of hydrogen-bond donors (Lipinski definition) is 2. The van der Waals surface area contributed by atoms with E-state index in [1.54, 1.807) is 19.1 Å². The molecule has 0 aromatic heterocycles. The molecule has 8 heteroatoms. The Labute approximate surface area is 164 Å². The molecule has 0 spiro atoms. The van der Waals surface area contributed by atoms with E-state index in [2.05, 4.69) is 10.0 Å². The number of anilines is 1. The molecule has 0 atom stereocenters. The fourth-order valence-corrected chi connectivity index (χ4v) is 4.03. The molecule has 0 radical (unpaired) electrons. The Morgan fingerprint density at radius 1 is 1.11 bits per heavy atom. The predicted molar refractivity (Wildman–Crippen MR) is 104 cm³/mol. The van der Waals surface area contributed by atoms with Crippen molar-refractivity contribution in [1.29, 1.82) is 0 Å². The van der Waals surface area contributed by atoms with Gasteiger partial charge in [0.2, 0.25) is 10.0 Å². The lowest BCUT2D eigenvalue weighted by molar-refractivity contribution is -0.150. The van der Waals surface area contributed by atoms with Gasteiger partial charge in [0.05, 0.1) is 10.3 Å². The molecule has 28 heavy (non-hydrogen) atoms. The normalized spacial score (nSPS) is 14.9. The molecular weight excluding hydrogens is 380 g/mol. The number of nitrogens with one attached hydrogen (secondary N) is 2. The van der Waals surface area contributed by atoms with Gasteiger partial charge in [-0.05, 0) is 50.1 Å². The van der Waals surface area contributed by atoms with E-state index in [4.69, 9.17) is 4.74 Å². The zero-order valence-electron chi connectivity index (χ0n) is 15.7. The van der Waals surface area contributed by atoms with Crippen LogP contribution in [0.3, 0.4) is 0 Å². The highest BCUT2D eigenvalue weighted by Gasteiger charge is 2.52. The van der Waals surface area contributed by atoms with Gasteiger partial charge >= 0.3 is 5.97 Å². The zero-order valence-corrected chi connectivity index (χ0v) is 16.5. The minimum Gasteiger partial charge on any atom is -0.455 e. The molecule has 1 amide bonds. The predicted octanol–water partition coefficient (Wildman–Crippen LogP) is 2.12. The number of carbonyl (C=O) groups is 2. The number of hydrogen-bond acceptors (Lipinski definition) is 5. The number of rotatable bonds is 7. The van der Waals surface area contributed by atoms with E-state index in [1.165, 1.54) is 13.1 Å². The number of ether oxygens (including phenoxy) is 1. The molecule has 0 unspecified atom stereocenters. The minimum atomic E-state index is -3.64. The fraction of sp³-hybridized carbons (Fsp3) is 0.300. The Bertz CT molecular complexity index is 999. The Hall–Kier alpha value is -2.71. The Kier molecular flexibility index (Phi) is 5.53. The maximum Gasteiger partial charge on any atom is 0.317 e. The van der Waals surface area contributed by atoms with Crippen LogP contribution in [0.15, 0.2) is 53.4 Å². The van der Waals surface area contributed by atoms with E-state index in [1.807, 2.05) is 30.3 Å². The molecule has 2 aromatic carbocycles. The third-order valence-corrected chi connectivity index (χ3v) is 6.39. The third kappa shape index (κ3) is 4.07. The van der Waals surface area contributed by atoms with E-state index in [0.717, 1.165) is 5.56 Å². The van der Waals surface area contributed by atoms with Crippen LogP contribution >= 0.6 is 0 Å². The average molecular weight is 402 g/mol. The van der Waals surface area contributed by atoms with Crippen LogP contribution in [0, 0.1) is 6.92 Å². The molecular formula is C20H22N2O5S. The van der Waals surface area contributed by atoms with Crippen LogP contribution in [0.5, 0.6) is 0 Å². The minimum absolute atomic E-state index is 0.0748. The number of esters is 1. The van der Waals surface area contributed by atoms with E-state index < -0.39 is 33.9 Å². The van der Waals surface area contributed by atoms with E-state index >= 15 is 0 Å². The molecule has 1 saturated carbocycles. The number of aryl methyl sites for hydroxylation is 1. The van der Waals surface area contributed by atoms with Gasteiger partial charge in [-0.15, -0.1) is 0 Å². The SMILES string of the molecule is CNS(=O)(=O)c1cc(NC(=O)COC(=O)C2(c3ccccc3)CC2)ccc1C. The summed E-state index contributed by atoms with van der Waals surface area (Å²) in [4.78, 5) is 24.7. The Morgan fingerprint density at radius 2 is 1.79 bits per heavy atom. The first-order valence-electron chi connectivity index (χ1n) is 8.85. The molecule has 1 fully saturated rings. The maximum atomic E-state index is 12.5. The Balaban J connectivity index is 1.63. The molecule has 1 aliphatic rings. The highest BCUT2D eigenvalue weighted by Crippen LogP contribution is 2.49. The maximum absolute atomic E-state index is 12.5. The lowest BCUT2D eigenvalue weighted by atomic mass is 9.96. The van der Waals surface area contributed by atoms with E-state index in [0.29, 0.717) is 24.1 Å². The monoisotopic (exact) mass is 402 g/mol. The molecule has 148 valence electrons. The van der Waals surface area contributed by atoms with Gasteiger partial charge in [0.25, 0.3) is 5.91 Å². The zero-order chi connectivity index (χ0) is 20.4. The number of amides is 1. The summed E-state index contributed by atoms with van der Waals surface area (Å²) in [5.74, 6) is -0.954. The smallest absolute Gasteiger partial charge is 0.317 e. The summed E-state index contributed by atoms with van der Waals surface area (Å²) in [6, 6.07) is 13.9. The third-order valence-electron chi connectivity index (χ3n) is 4.83. The highest BCUT2D eigenvalue weighted by atomic mass is 32.2. The van der Waals surface area contributed by atoms with Crippen molar-refractivity contribution < 1.29 is 22.7 Å².